The largest absolute Gasteiger partial charge is 0.333 e. The second-order valence-corrected chi connectivity index (χ2v) is 5.62. The smallest absolute Gasteiger partial charge is 0.276 e. The Balaban J connectivity index is 2.22. The summed E-state index contributed by atoms with van der Waals surface area (Å²) in [4.78, 5) is 33.6. The SMILES string of the molecule is CCCn1c(=O)n(Cc2ccc(Cl)cc2)c(=O)c2nccnc21. The number of fused-ring (bicyclic) bond motifs is 1. The quantitative estimate of drug-likeness (QED) is 0.734. The van der Waals surface area contributed by atoms with E-state index in [-0.39, 0.29) is 17.8 Å². The van der Waals surface area contributed by atoms with Gasteiger partial charge in [-0.1, -0.05) is 30.7 Å². The summed E-state index contributed by atoms with van der Waals surface area (Å²) in [7, 11) is 0. The minimum Gasteiger partial charge on any atom is -0.276 e. The molecule has 0 aliphatic rings. The molecule has 0 unspecified atom stereocenters. The molecule has 118 valence electrons. The van der Waals surface area contributed by atoms with Gasteiger partial charge >= 0.3 is 5.69 Å². The van der Waals surface area contributed by atoms with Crippen molar-refractivity contribution in [3.8, 4) is 0 Å². The highest BCUT2D eigenvalue weighted by Crippen LogP contribution is 2.10. The molecule has 6 nitrogen and oxygen atoms in total. The maximum Gasteiger partial charge on any atom is 0.333 e. The van der Waals surface area contributed by atoms with Crippen LogP contribution in [0.15, 0.2) is 46.2 Å². The molecule has 0 bridgehead atoms. The van der Waals surface area contributed by atoms with Gasteiger partial charge in [-0.25, -0.2) is 14.8 Å². The first kappa shape index (κ1) is 15.4. The number of hydrogen-bond acceptors (Lipinski definition) is 4. The number of halogens is 1. The summed E-state index contributed by atoms with van der Waals surface area (Å²) in [6.07, 6.45) is 3.69. The van der Waals surface area contributed by atoms with Crippen molar-refractivity contribution in [3.63, 3.8) is 0 Å². The predicted octanol–water partition coefficient (Wildman–Crippen LogP) is 2.06. The van der Waals surface area contributed by atoms with Gasteiger partial charge in [-0.2, -0.15) is 0 Å². The van der Waals surface area contributed by atoms with E-state index in [1.807, 2.05) is 6.92 Å². The summed E-state index contributed by atoms with van der Waals surface area (Å²) in [6.45, 7) is 2.61. The van der Waals surface area contributed by atoms with Crippen LogP contribution in [0.1, 0.15) is 18.9 Å². The van der Waals surface area contributed by atoms with Gasteiger partial charge in [0.2, 0.25) is 0 Å². The van der Waals surface area contributed by atoms with Crippen molar-refractivity contribution in [1.82, 2.24) is 19.1 Å². The van der Waals surface area contributed by atoms with Crippen LogP contribution in [0.5, 0.6) is 0 Å². The monoisotopic (exact) mass is 330 g/mol. The number of benzene rings is 1. The summed E-state index contributed by atoms with van der Waals surface area (Å²) < 4.78 is 2.69. The van der Waals surface area contributed by atoms with Crippen LogP contribution in [-0.4, -0.2) is 19.1 Å². The molecule has 0 atom stereocenters. The lowest BCUT2D eigenvalue weighted by molar-refractivity contribution is 0.587. The van der Waals surface area contributed by atoms with Gasteiger partial charge in [0.25, 0.3) is 5.56 Å². The molecule has 1 aromatic carbocycles. The highest BCUT2D eigenvalue weighted by molar-refractivity contribution is 6.30. The molecule has 0 saturated carbocycles. The minimum atomic E-state index is -0.430. The molecule has 0 saturated heterocycles. The Labute approximate surface area is 137 Å². The van der Waals surface area contributed by atoms with Crippen LogP contribution < -0.4 is 11.2 Å². The first-order valence-corrected chi connectivity index (χ1v) is 7.68. The van der Waals surface area contributed by atoms with Crippen molar-refractivity contribution in [3.05, 3.63) is 68.1 Å². The van der Waals surface area contributed by atoms with Crippen LogP contribution in [0.4, 0.5) is 0 Å². The Morgan fingerprint density at radius 3 is 2.43 bits per heavy atom. The van der Waals surface area contributed by atoms with Gasteiger partial charge < -0.3 is 0 Å². The molecule has 0 aliphatic heterocycles. The van der Waals surface area contributed by atoms with Crippen molar-refractivity contribution in [2.75, 3.05) is 0 Å². The third-order valence-corrected chi connectivity index (χ3v) is 3.80. The number of rotatable bonds is 4. The summed E-state index contributed by atoms with van der Waals surface area (Å²) >= 11 is 5.87. The third kappa shape index (κ3) is 2.90. The fourth-order valence-corrected chi connectivity index (χ4v) is 2.59. The van der Waals surface area contributed by atoms with Crippen molar-refractivity contribution >= 4 is 22.8 Å². The van der Waals surface area contributed by atoms with E-state index in [2.05, 4.69) is 9.97 Å². The Bertz CT molecular complexity index is 960. The molecular formula is C16H15ClN4O2. The van der Waals surface area contributed by atoms with Gasteiger partial charge in [0, 0.05) is 24.0 Å². The van der Waals surface area contributed by atoms with Gasteiger partial charge in [0.15, 0.2) is 11.2 Å². The molecule has 2 heterocycles. The fourth-order valence-electron chi connectivity index (χ4n) is 2.47. The molecular weight excluding hydrogens is 316 g/mol. The maximum absolute atomic E-state index is 12.7. The zero-order valence-electron chi connectivity index (χ0n) is 12.6. The van der Waals surface area contributed by atoms with Crippen molar-refractivity contribution in [1.29, 1.82) is 0 Å². The van der Waals surface area contributed by atoms with Gasteiger partial charge in [-0.05, 0) is 24.1 Å². The van der Waals surface area contributed by atoms with Crippen LogP contribution in [0.2, 0.25) is 5.02 Å². The Hall–Kier alpha value is -2.47. The molecule has 0 fully saturated rings. The summed E-state index contributed by atoms with van der Waals surface area (Å²) in [5.74, 6) is 0. The number of hydrogen-bond donors (Lipinski definition) is 0. The molecule has 7 heteroatoms. The topological polar surface area (TPSA) is 69.8 Å². The molecule has 0 N–H and O–H groups in total. The van der Waals surface area contributed by atoms with Crippen LogP contribution >= 0.6 is 11.6 Å². The average Bonchev–Trinajstić information content (AvgIpc) is 2.57. The average molecular weight is 331 g/mol. The van der Waals surface area contributed by atoms with E-state index in [1.165, 1.54) is 21.5 Å². The Morgan fingerprint density at radius 1 is 1.04 bits per heavy atom. The lowest BCUT2D eigenvalue weighted by atomic mass is 10.2. The highest BCUT2D eigenvalue weighted by Gasteiger charge is 2.14. The van der Waals surface area contributed by atoms with E-state index in [0.29, 0.717) is 17.2 Å². The summed E-state index contributed by atoms with van der Waals surface area (Å²) in [5, 5.41) is 0.605. The van der Waals surface area contributed by atoms with Gasteiger partial charge in [0.1, 0.15) is 0 Å². The Morgan fingerprint density at radius 2 is 1.74 bits per heavy atom. The molecule has 3 rings (SSSR count). The van der Waals surface area contributed by atoms with E-state index < -0.39 is 5.56 Å². The van der Waals surface area contributed by atoms with Crippen molar-refractivity contribution < 1.29 is 0 Å². The zero-order valence-corrected chi connectivity index (χ0v) is 13.3. The molecule has 2 aromatic heterocycles. The van der Waals surface area contributed by atoms with Gasteiger partial charge in [-0.3, -0.25) is 13.9 Å². The Kier molecular flexibility index (Phi) is 4.25. The molecule has 0 radical (unpaired) electrons. The van der Waals surface area contributed by atoms with Crippen LogP contribution in [0, 0.1) is 0 Å². The fraction of sp³-hybridized carbons (Fsp3) is 0.250. The van der Waals surface area contributed by atoms with E-state index in [4.69, 9.17) is 11.6 Å². The second kappa shape index (κ2) is 6.34. The van der Waals surface area contributed by atoms with E-state index in [1.54, 1.807) is 24.3 Å². The van der Waals surface area contributed by atoms with Crippen molar-refractivity contribution in [2.24, 2.45) is 0 Å². The number of nitrogens with zero attached hydrogens (tertiary/aromatic N) is 4. The molecule has 0 spiro atoms. The highest BCUT2D eigenvalue weighted by atomic mass is 35.5. The van der Waals surface area contributed by atoms with Crippen LogP contribution in [0.3, 0.4) is 0 Å². The van der Waals surface area contributed by atoms with Crippen molar-refractivity contribution in [2.45, 2.75) is 26.4 Å². The van der Waals surface area contributed by atoms with Crippen LogP contribution in [-0.2, 0) is 13.1 Å². The lowest BCUT2D eigenvalue weighted by Gasteiger charge is -2.12. The van der Waals surface area contributed by atoms with E-state index in [0.717, 1.165) is 12.0 Å². The predicted molar refractivity (Wildman–Crippen MR) is 88.9 cm³/mol. The summed E-state index contributed by atoms with van der Waals surface area (Å²) in [5.41, 5.74) is 0.548. The first-order chi connectivity index (χ1) is 11.1. The van der Waals surface area contributed by atoms with E-state index in [9.17, 15) is 9.59 Å². The molecule has 3 aromatic rings. The third-order valence-electron chi connectivity index (χ3n) is 3.55. The zero-order chi connectivity index (χ0) is 16.4. The molecule has 0 amide bonds. The van der Waals surface area contributed by atoms with Gasteiger partial charge in [0.05, 0.1) is 6.54 Å². The maximum atomic E-state index is 12.7. The normalized spacial score (nSPS) is 11.0. The number of aryl methyl sites for hydroxylation is 1. The standard InChI is InChI=1S/C16H15ClN4O2/c1-2-9-20-14-13(18-7-8-19-14)15(22)21(16(20)23)10-11-3-5-12(17)6-4-11/h3-8H,2,9-10H2,1H3. The molecule has 0 aliphatic carbocycles. The minimum absolute atomic E-state index is 0.172. The first-order valence-electron chi connectivity index (χ1n) is 7.30. The molecule has 23 heavy (non-hydrogen) atoms. The lowest BCUT2D eigenvalue weighted by Crippen LogP contribution is -2.41. The van der Waals surface area contributed by atoms with Crippen LogP contribution in [0.25, 0.3) is 11.2 Å². The summed E-state index contributed by atoms with van der Waals surface area (Å²) in [6, 6.07) is 7.04. The number of aromatic nitrogens is 4. The van der Waals surface area contributed by atoms with Gasteiger partial charge in [-0.15, -0.1) is 0 Å². The second-order valence-electron chi connectivity index (χ2n) is 5.18. The van der Waals surface area contributed by atoms with E-state index >= 15 is 0 Å².